The molecule has 2 aromatic heterocycles. The van der Waals surface area contributed by atoms with Crippen LogP contribution in [-0.2, 0) is 12.5 Å². The Morgan fingerprint density at radius 1 is 1.11 bits per heavy atom. The number of halogens is 2. The topological polar surface area (TPSA) is 104 Å². The first-order valence-corrected chi connectivity index (χ1v) is 11.4. The Labute approximate surface area is 210 Å². The van der Waals surface area contributed by atoms with Crippen molar-refractivity contribution in [3.05, 3.63) is 107 Å². The van der Waals surface area contributed by atoms with Crippen LogP contribution in [0.5, 0.6) is 0 Å². The average Bonchev–Trinajstić information content (AvgIpc) is 3.34. The van der Waals surface area contributed by atoms with Crippen LogP contribution in [0.25, 0.3) is 0 Å². The summed E-state index contributed by atoms with van der Waals surface area (Å²) in [5.74, 6) is -4.24. The van der Waals surface area contributed by atoms with Crippen molar-refractivity contribution in [2.45, 2.75) is 25.4 Å². The zero-order valence-corrected chi connectivity index (χ0v) is 19.6. The molecule has 1 aliphatic heterocycles. The van der Waals surface area contributed by atoms with Crippen LogP contribution in [0.4, 0.5) is 20.2 Å². The number of alkyl halides is 2. The quantitative estimate of drug-likeness (QED) is 0.433. The lowest BCUT2D eigenvalue weighted by Crippen LogP contribution is -2.47. The third-order valence-corrected chi connectivity index (χ3v) is 6.16. The van der Waals surface area contributed by atoms with Gasteiger partial charge in [0.15, 0.2) is 0 Å². The van der Waals surface area contributed by atoms with E-state index in [1.807, 2.05) is 13.0 Å². The number of rotatable bonds is 5. The van der Waals surface area contributed by atoms with Crippen LogP contribution in [0.3, 0.4) is 0 Å². The number of benzene rings is 2. The van der Waals surface area contributed by atoms with Gasteiger partial charge in [-0.3, -0.25) is 14.3 Å². The molecule has 5 rings (SSSR count). The largest absolute Gasteiger partial charge is 0.322 e. The molecule has 8 nitrogen and oxygen atoms in total. The summed E-state index contributed by atoms with van der Waals surface area (Å²) in [5.41, 5.74) is 0.733. The SMILES string of the molecule is C[C@@H]1Cn2ncc(C(=O)Nc3ccnc(C#N)c3)c2C(=O)N1c1ccc(C(F)(F)c2ccccc2)cc1. The van der Waals surface area contributed by atoms with Gasteiger partial charge in [0.2, 0.25) is 0 Å². The van der Waals surface area contributed by atoms with E-state index in [1.165, 1.54) is 70.5 Å². The van der Waals surface area contributed by atoms with Crippen molar-refractivity contribution in [1.29, 1.82) is 5.26 Å². The number of pyridine rings is 1. The summed E-state index contributed by atoms with van der Waals surface area (Å²) in [4.78, 5) is 31.9. The number of nitrogens with one attached hydrogen (secondary N) is 1. The molecule has 0 saturated carbocycles. The Kier molecular flexibility index (Phi) is 5.97. The summed E-state index contributed by atoms with van der Waals surface area (Å²) in [6.07, 6.45) is 2.70. The van der Waals surface area contributed by atoms with Gasteiger partial charge in [0.25, 0.3) is 17.7 Å². The van der Waals surface area contributed by atoms with Crippen LogP contribution in [0.1, 0.15) is 44.6 Å². The minimum Gasteiger partial charge on any atom is -0.322 e. The number of hydrogen-bond donors (Lipinski definition) is 1. The van der Waals surface area contributed by atoms with E-state index >= 15 is 0 Å². The Morgan fingerprint density at radius 2 is 1.81 bits per heavy atom. The first kappa shape index (κ1) is 23.8. The third kappa shape index (κ3) is 4.31. The molecule has 0 saturated heterocycles. The van der Waals surface area contributed by atoms with Gasteiger partial charge in [-0.15, -0.1) is 0 Å². The van der Waals surface area contributed by atoms with E-state index in [0.29, 0.717) is 17.9 Å². The Bertz CT molecular complexity index is 1530. The molecule has 0 unspecified atom stereocenters. The van der Waals surface area contributed by atoms with E-state index in [4.69, 9.17) is 5.26 Å². The van der Waals surface area contributed by atoms with Gasteiger partial charge in [0, 0.05) is 28.7 Å². The number of carbonyl (C=O) groups is 2. The molecule has 37 heavy (non-hydrogen) atoms. The molecule has 1 N–H and O–H groups in total. The number of carbonyl (C=O) groups excluding carboxylic acids is 2. The van der Waals surface area contributed by atoms with Crippen LogP contribution in [0.2, 0.25) is 0 Å². The molecule has 0 radical (unpaired) electrons. The predicted molar refractivity (Wildman–Crippen MR) is 131 cm³/mol. The molecular weight excluding hydrogens is 478 g/mol. The van der Waals surface area contributed by atoms with Crippen molar-refractivity contribution < 1.29 is 18.4 Å². The lowest BCUT2D eigenvalue weighted by molar-refractivity contribution is 0.0428. The molecule has 10 heteroatoms. The van der Waals surface area contributed by atoms with Crippen molar-refractivity contribution in [2.75, 3.05) is 10.2 Å². The number of amides is 2. The van der Waals surface area contributed by atoms with Gasteiger partial charge in [0.1, 0.15) is 17.5 Å². The molecule has 0 bridgehead atoms. The van der Waals surface area contributed by atoms with E-state index in [-0.39, 0.29) is 34.1 Å². The minimum absolute atomic E-state index is 0.0597. The number of nitrogens with zero attached hydrogens (tertiary/aromatic N) is 5. The van der Waals surface area contributed by atoms with Crippen molar-refractivity contribution in [2.24, 2.45) is 0 Å². The maximum Gasteiger partial charge on any atom is 0.298 e. The fourth-order valence-corrected chi connectivity index (χ4v) is 4.35. The van der Waals surface area contributed by atoms with Crippen molar-refractivity contribution in [3.63, 3.8) is 0 Å². The normalized spacial score (nSPS) is 15.1. The number of aromatic nitrogens is 3. The third-order valence-electron chi connectivity index (χ3n) is 6.16. The van der Waals surface area contributed by atoms with Gasteiger partial charge in [-0.05, 0) is 31.2 Å². The van der Waals surface area contributed by atoms with E-state index in [0.717, 1.165) is 0 Å². The van der Waals surface area contributed by atoms with Crippen molar-refractivity contribution >= 4 is 23.2 Å². The highest BCUT2D eigenvalue weighted by atomic mass is 19.3. The summed E-state index contributed by atoms with van der Waals surface area (Å²) in [5, 5.41) is 15.9. The molecule has 1 atom stereocenters. The van der Waals surface area contributed by atoms with Crippen LogP contribution >= 0.6 is 0 Å². The molecule has 4 aromatic rings. The monoisotopic (exact) mass is 498 g/mol. The van der Waals surface area contributed by atoms with E-state index < -0.39 is 17.7 Å². The smallest absolute Gasteiger partial charge is 0.298 e. The van der Waals surface area contributed by atoms with Gasteiger partial charge in [-0.1, -0.05) is 42.5 Å². The lowest BCUT2D eigenvalue weighted by Gasteiger charge is -2.34. The van der Waals surface area contributed by atoms with E-state index in [2.05, 4.69) is 15.4 Å². The second kappa shape index (κ2) is 9.28. The van der Waals surface area contributed by atoms with Crippen LogP contribution in [0.15, 0.2) is 79.1 Å². The molecule has 2 aromatic carbocycles. The molecule has 0 aliphatic carbocycles. The maximum atomic E-state index is 15.0. The molecular formula is C27H20F2N6O2. The summed E-state index contributed by atoms with van der Waals surface area (Å²) in [6, 6.07) is 17.6. The zero-order valence-electron chi connectivity index (χ0n) is 19.6. The summed E-state index contributed by atoms with van der Waals surface area (Å²) in [7, 11) is 0. The summed E-state index contributed by atoms with van der Waals surface area (Å²) in [6.45, 7) is 2.12. The van der Waals surface area contributed by atoms with Gasteiger partial charge >= 0.3 is 0 Å². The first-order chi connectivity index (χ1) is 17.8. The van der Waals surface area contributed by atoms with Gasteiger partial charge in [-0.25, -0.2) is 4.98 Å². The molecule has 1 aliphatic rings. The highest BCUT2D eigenvalue weighted by Gasteiger charge is 2.37. The molecule has 0 spiro atoms. The molecule has 3 heterocycles. The minimum atomic E-state index is -3.19. The van der Waals surface area contributed by atoms with Gasteiger partial charge < -0.3 is 10.2 Å². The van der Waals surface area contributed by atoms with Crippen LogP contribution in [0, 0.1) is 11.3 Å². The molecule has 0 fully saturated rings. The van der Waals surface area contributed by atoms with Crippen LogP contribution in [-0.4, -0.2) is 32.6 Å². The fourth-order valence-electron chi connectivity index (χ4n) is 4.35. The van der Waals surface area contributed by atoms with E-state index in [1.54, 1.807) is 18.2 Å². The predicted octanol–water partition coefficient (Wildman–Crippen LogP) is 4.59. The highest BCUT2D eigenvalue weighted by Crippen LogP contribution is 2.37. The van der Waals surface area contributed by atoms with E-state index in [9.17, 15) is 18.4 Å². The second-order valence-corrected chi connectivity index (χ2v) is 8.60. The zero-order chi connectivity index (χ0) is 26.2. The second-order valence-electron chi connectivity index (χ2n) is 8.60. The Balaban J connectivity index is 1.42. The van der Waals surface area contributed by atoms with Gasteiger partial charge in [0.05, 0.1) is 24.3 Å². The first-order valence-electron chi connectivity index (χ1n) is 11.4. The maximum absolute atomic E-state index is 15.0. The van der Waals surface area contributed by atoms with Crippen LogP contribution < -0.4 is 10.2 Å². The Morgan fingerprint density at radius 3 is 2.51 bits per heavy atom. The summed E-state index contributed by atoms with van der Waals surface area (Å²) < 4.78 is 31.4. The average molecular weight is 498 g/mol. The number of hydrogen-bond acceptors (Lipinski definition) is 5. The van der Waals surface area contributed by atoms with Crippen molar-refractivity contribution in [1.82, 2.24) is 14.8 Å². The number of fused-ring (bicyclic) bond motifs is 1. The highest BCUT2D eigenvalue weighted by molar-refractivity contribution is 6.15. The van der Waals surface area contributed by atoms with Crippen molar-refractivity contribution in [3.8, 4) is 6.07 Å². The van der Waals surface area contributed by atoms with Gasteiger partial charge in [-0.2, -0.15) is 19.1 Å². The summed E-state index contributed by atoms with van der Waals surface area (Å²) >= 11 is 0. The molecule has 184 valence electrons. The Hall–Kier alpha value is -4.91. The lowest BCUT2D eigenvalue weighted by atomic mass is 9.99. The standard InChI is InChI=1S/C27H20F2N6O2/c1-17-16-34-24(23(15-32-34)25(36)33-20-11-12-31-21(13-20)14-30)26(37)35(17)22-9-7-19(8-10-22)27(28,29)18-5-3-2-4-6-18/h2-13,15,17H,16H2,1H3,(H,31,33,36)/t17-/m1/s1. The number of anilines is 2. The molecule has 2 amide bonds. The fraction of sp³-hybridized carbons (Fsp3) is 0.148. The number of nitriles is 1.